The third-order valence-corrected chi connectivity index (χ3v) is 3.52. The van der Waals surface area contributed by atoms with Crippen LogP contribution in [0.4, 0.5) is 4.79 Å². The van der Waals surface area contributed by atoms with Crippen LogP contribution in [-0.2, 0) is 4.74 Å². The predicted octanol–water partition coefficient (Wildman–Crippen LogP) is 5.56. The predicted molar refractivity (Wildman–Crippen MR) is 113 cm³/mol. The Hall–Kier alpha value is -2.89. The zero-order valence-corrected chi connectivity index (χ0v) is 18.0. The first-order chi connectivity index (χ1) is 13.6. The molecule has 1 N–H and O–H groups in total. The van der Waals surface area contributed by atoms with Crippen molar-refractivity contribution in [2.45, 2.75) is 59.3 Å². The first-order valence-electron chi connectivity index (χ1n) is 9.77. The van der Waals surface area contributed by atoms with Gasteiger partial charge in [-0.15, -0.1) is 0 Å². The Kier molecular flexibility index (Phi) is 7.76. The van der Waals surface area contributed by atoms with Crippen molar-refractivity contribution < 1.29 is 23.7 Å². The van der Waals surface area contributed by atoms with Crippen molar-refractivity contribution in [2.75, 3.05) is 6.61 Å². The summed E-state index contributed by atoms with van der Waals surface area (Å²) in [6.07, 6.45) is -0.321. The molecular weight excluding hydrogens is 370 g/mol. The molecule has 0 aliphatic carbocycles. The molecule has 0 fully saturated rings. The first-order valence-corrected chi connectivity index (χ1v) is 9.77. The molecule has 6 heteroatoms. The van der Waals surface area contributed by atoms with Crippen molar-refractivity contribution in [1.29, 1.82) is 0 Å². The highest BCUT2D eigenvalue weighted by Gasteiger charge is 2.17. The summed E-state index contributed by atoms with van der Waals surface area (Å²) >= 11 is 0. The highest BCUT2D eigenvalue weighted by Crippen LogP contribution is 2.26. The van der Waals surface area contributed by atoms with E-state index in [9.17, 15) is 4.79 Å². The normalized spacial score (nSPS) is 12.2. The molecule has 158 valence electrons. The van der Waals surface area contributed by atoms with E-state index in [4.69, 9.17) is 18.9 Å². The van der Waals surface area contributed by atoms with Crippen LogP contribution in [0.3, 0.4) is 0 Å². The lowest BCUT2D eigenvalue weighted by atomic mass is 10.2. The zero-order valence-electron chi connectivity index (χ0n) is 18.0. The maximum absolute atomic E-state index is 11.8. The summed E-state index contributed by atoms with van der Waals surface area (Å²) < 4.78 is 22.4. The van der Waals surface area contributed by atoms with Crippen molar-refractivity contribution in [3.8, 4) is 23.0 Å². The Morgan fingerprint density at radius 3 is 1.83 bits per heavy atom. The van der Waals surface area contributed by atoms with E-state index in [0.717, 1.165) is 11.5 Å². The lowest BCUT2D eigenvalue weighted by molar-refractivity contribution is 0.0494. The van der Waals surface area contributed by atoms with E-state index in [-0.39, 0.29) is 12.1 Å². The summed E-state index contributed by atoms with van der Waals surface area (Å²) in [5, 5.41) is 2.75. The topological polar surface area (TPSA) is 66.0 Å². The molecule has 0 radical (unpaired) electrons. The van der Waals surface area contributed by atoms with Crippen LogP contribution < -0.4 is 19.5 Å². The Morgan fingerprint density at radius 2 is 1.34 bits per heavy atom. The molecule has 1 atom stereocenters. The van der Waals surface area contributed by atoms with Gasteiger partial charge in [-0.3, -0.25) is 0 Å². The molecule has 0 saturated heterocycles. The molecule has 2 rings (SSSR count). The van der Waals surface area contributed by atoms with Gasteiger partial charge in [0, 0.05) is 0 Å². The fraction of sp³-hybridized carbons (Fsp3) is 0.435. The van der Waals surface area contributed by atoms with Gasteiger partial charge in [0.25, 0.3) is 0 Å². The van der Waals surface area contributed by atoms with Gasteiger partial charge in [-0.1, -0.05) is 0 Å². The maximum atomic E-state index is 11.8. The van der Waals surface area contributed by atoms with Crippen LogP contribution in [0.1, 0.15) is 41.5 Å². The SMILES string of the molecule is CC(COc1ccc(Oc2ccc(OC(C)C)cc2)cc1)NC(=O)OC(C)(C)C. The third kappa shape index (κ3) is 8.77. The summed E-state index contributed by atoms with van der Waals surface area (Å²) in [7, 11) is 0. The number of carbonyl (C=O) groups is 1. The molecule has 0 spiro atoms. The molecule has 0 aliphatic heterocycles. The minimum atomic E-state index is -0.526. The van der Waals surface area contributed by atoms with E-state index in [0.29, 0.717) is 18.1 Å². The smallest absolute Gasteiger partial charge is 0.407 e. The number of rotatable bonds is 8. The average Bonchev–Trinajstić information content (AvgIpc) is 2.60. The van der Waals surface area contributed by atoms with Crippen LogP contribution in [0.5, 0.6) is 23.0 Å². The summed E-state index contributed by atoms with van der Waals surface area (Å²) in [5.74, 6) is 2.93. The second kappa shape index (κ2) is 10.0. The largest absolute Gasteiger partial charge is 0.491 e. The van der Waals surface area contributed by atoms with Crippen LogP contribution in [0, 0.1) is 0 Å². The summed E-state index contributed by atoms with van der Waals surface area (Å²) in [6.45, 7) is 11.6. The Bertz CT molecular complexity index is 763. The van der Waals surface area contributed by atoms with Crippen molar-refractivity contribution in [2.24, 2.45) is 0 Å². The van der Waals surface area contributed by atoms with Crippen molar-refractivity contribution in [1.82, 2.24) is 5.32 Å². The highest BCUT2D eigenvalue weighted by atomic mass is 16.6. The first kappa shape index (κ1) is 22.4. The maximum Gasteiger partial charge on any atom is 0.407 e. The second-order valence-electron chi connectivity index (χ2n) is 8.07. The van der Waals surface area contributed by atoms with Crippen molar-refractivity contribution in [3.05, 3.63) is 48.5 Å². The Morgan fingerprint density at radius 1 is 0.862 bits per heavy atom. The van der Waals surface area contributed by atoms with Gasteiger partial charge >= 0.3 is 6.09 Å². The van der Waals surface area contributed by atoms with Crippen LogP contribution >= 0.6 is 0 Å². The molecule has 0 heterocycles. The standard InChI is InChI=1S/C23H31NO5/c1-16(2)27-19-11-13-21(14-12-19)28-20-9-7-18(8-10-20)26-15-17(3)24-22(25)29-23(4,5)6/h7-14,16-17H,15H2,1-6H3,(H,24,25). The van der Waals surface area contributed by atoms with E-state index in [1.807, 2.05) is 90.1 Å². The number of ether oxygens (including phenoxy) is 4. The second-order valence-corrected chi connectivity index (χ2v) is 8.07. The van der Waals surface area contributed by atoms with Crippen LogP contribution in [0.2, 0.25) is 0 Å². The molecule has 0 aromatic heterocycles. The monoisotopic (exact) mass is 401 g/mol. The third-order valence-electron chi connectivity index (χ3n) is 3.52. The Balaban J connectivity index is 1.80. The molecule has 6 nitrogen and oxygen atoms in total. The van der Waals surface area contributed by atoms with E-state index in [1.54, 1.807) is 0 Å². The van der Waals surface area contributed by atoms with Crippen molar-refractivity contribution >= 4 is 6.09 Å². The number of carbonyl (C=O) groups excluding carboxylic acids is 1. The molecule has 0 bridgehead atoms. The van der Waals surface area contributed by atoms with Gasteiger partial charge in [-0.25, -0.2) is 4.79 Å². The highest BCUT2D eigenvalue weighted by molar-refractivity contribution is 5.68. The van der Waals surface area contributed by atoms with Gasteiger partial charge in [0.1, 0.15) is 35.2 Å². The Labute approximate surface area is 173 Å². The number of alkyl carbamates (subject to hydrolysis) is 1. The van der Waals surface area contributed by atoms with Crippen LogP contribution in [-0.4, -0.2) is 30.4 Å². The lowest BCUT2D eigenvalue weighted by Gasteiger charge is -2.22. The van der Waals surface area contributed by atoms with Crippen molar-refractivity contribution in [3.63, 3.8) is 0 Å². The molecule has 29 heavy (non-hydrogen) atoms. The van der Waals surface area contributed by atoms with Gasteiger partial charge in [-0.2, -0.15) is 0 Å². The summed E-state index contributed by atoms with van der Waals surface area (Å²) in [6, 6.07) is 14.6. The zero-order chi connectivity index (χ0) is 21.4. The van der Waals surface area contributed by atoms with Crippen LogP contribution in [0.25, 0.3) is 0 Å². The molecule has 0 saturated carbocycles. The van der Waals surface area contributed by atoms with Gasteiger partial charge in [0.05, 0.1) is 12.1 Å². The number of hydrogen-bond donors (Lipinski definition) is 1. The average molecular weight is 402 g/mol. The van der Waals surface area contributed by atoms with E-state index in [2.05, 4.69) is 5.32 Å². The van der Waals surface area contributed by atoms with Gasteiger partial charge in [-0.05, 0) is 90.1 Å². The van der Waals surface area contributed by atoms with E-state index >= 15 is 0 Å². The van der Waals surface area contributed by atoms with Crippen LogP contribution in [0.15, 0.2) is 48.5 Å². The minimum absolute atomic E-state index is 0.136. The molecule has 2 aromatic carbocycles. The molecule has 0 aliphatic rings. The molecule has 1 unspecified atom stereocenters. The molecule has 1 amide bonds. The summed E-state index contributed by atoms with van der Waals surface area (Å²) in [5.41, 5.74) is -0.526. The number of amides is 1. The van der Waals surface area contributed by atoms with E-state index in [1.165, 1.54) is 0 Å². The van der Waals surface area contributed by atoms with E-state index < -0.39 is 11.7 Å². The minimum Gasteiger partial charge on any atom is -0.491 e. The van der Waals surface area contributed by atoms with Gasteiger partial charge in [0.2, 0.25) is 0 Å². The summed E-state index contributed by atoms with van der Waals surface area (Å²) in [4.78, 5) is 11.8. The van der Waals surface area contributed by atoms with Gasteiger partial charge < -0.3 is 24.3 Å². The quantitative estimate of drug-likeness (QED) is 0.627. The molecule has 2 aromatic rings. The number of benzene rings is 2. The van der Waals surface area contributed by atoms with Gasteiger partial charge in [0.15, 0.2) is 0 Å². The lowest BCUT2D eigenvalue weighted by Crippen LogP contribution is -2.40. The molecular formula is C23H31NO5. The fourth-order valence-corrected chi connectivity index (χ4v) is 2.37. The number of nitrogens with one attached hydrogen (secondary N) is 1. The fourth-order valence-electron chi connectivity index (χ4n) is 2.37. The number of hydrogen-bond acceptors (Lipinski definition) is 5.